The molecule has 0 unspecified atom stereocenters. The molecule has 0 aromatic heterocycles. The van der Waals surface area contributed by atoms with Crippen LogP contribution in [0.3, 0.4) is 0 Å². The maximum atomic E-state index is 1.47. The standard InChI is InChI=1S/Nd.Pd.U.Zr. The summed E-state index contributed by atoms with van der Waals surface area (Å²) < 4.78 is 0. The van der Waals surface area contributed by atoms with Crippen LogP contribution in [-0.2, 0) is 46.6 Å². The minimum absolute atomic E-state index is 0. The Kier molecular flexibility index (Phi) is 61.8. The molecule has 0 radical (unpaired) electrons. The summed E-state index contributed by atoms with van der Waals surface area (Å²) in [4.78, 5) is 0. The average molecular weight is 580 g/mol. The van der Waals surface area contributed by atoms with Crippen molar-refractivity contribution in [3.63, 3.8) is 0 Å². The molecule has 0 nitrogen and oxygen atoms in total. The van der Waals surface area contributed by atoms with E-state index in [4.69, 9.17) is 0 Å². The third-order valence-corrected chi connectivity index (χ3v) is 0. The van der Waals surface area contributed by atoms with Crippen LogP contribution in [-0.4, -0.2) is 0 Å². The second-order valence-electron chi connectivity index (χ2n) is 0. The van der Waals surface area contributed by atoms with Gasteiger partial charge in [0, 0.05) is 46.6 Å². The van der Waals surface area contributed by atoms with Crippen LogP contribution in [0.1, 0.15) is 0 Å². The van der Waals surface area contributed by atoms with Crippen molar-refractivity contribution >= 4 is 0 Å². The normalized spacial score (nSPS) is 1.25. The van der Waals surface area contributed by atoms with E-state index in [1.54, 1.807) is 0 Å². The topological polar surface area (TPSA) is 0 Å². The zero-order chi connectivity index (χ0) is 2.00. The van der Waals surface area contributed by atoms with Gasteiger partial charge in [-0.2, -0.15) is 0 Å². The van der Waals surface area contributed by atoms with Gasteiger partial charge in [0.25, 0.3) is 0 Å². The van der Waals surface area contributed by atoms with Gasteiger partial charge in [-0.3, -0.25) is 0 Å². The van der Waals surface area contributed by atoms with E-state index in [1.165, 1.54) is 50.5 Å². The maximum absolute atomic E-state index is 1.47. The molecule has 22 valence electrons. The molecule has 4 heteroatoms. The number of hydrogen-bond acceptors (Lipinski definition) is 0. The van der Waals surface area contributed by atoms with Gasteiger partial charge in [-0.15, -0.1) is 0 Å². The molecule has 0 amide bonds. The van der Waals surface area contributed by atoms with Crippen molar-refractivity contribution in [2.75, 3.05) is 0 Å². The van der Waals surface area contributed by atoms with Crippen molar-refractivity contribution in [1.82, 2.24) is 0 Å². The molecular formula is NdPdUZr. The zero-order valence-electron chi connectivity index (χ0n) is 1.82. The van der Waals surface area contributed by atoms with Crippen LogP contribution in [0.5, 0.6) is 0 Å². The van der Waals surface area contributed by atoms with Gasteiger partial charge in [0.15, 0.2) is 0 Å². The quantitative estimate of drug-likeness (QED) is 0.355. The Bertz CT molecular complexity index is 8.00. The van der Waals surface area contributed by atoms with Crippen LogP contribution < -0.4 is 0 Å². The average Bonchev–Trinajstić information content (AvgIpc) is 1.00. The van der Waals surface area contributed by atoms with Crippen LogP contribution in [0.15, 0.2) is 0 Å². The van der Waals surface area contributed by atoms with Crippen molar-refractivity contribution in [3.8, 4) is 0 Å². The van der Waals surface area contributed by atoms with Crippen LogP contribution in [0.4, 0.5) is 0 Å². The second kappa shape index (κ2) is 15.8. The molecule has 0 saturated heterocycles. The predicted molar refractivity (Wildman–Crippen MR) is 0 cm³/mol. The Balaban J connectivity index is -0.00000000500. The van der Waals surface area contributed by atoms with E-state index >= 15 is 0 Å². The summed E-state index contributed by atoms with van der Waals surface area (Å²) in [5.41, 5.74) is 0. The molecule has 4 heavy (non-hydrogen) atoms. The molecule has 0 aromatic carbocycles. The zero-order valence-corrected chi connectivity index (χ0v) is 13.2. The third kappa shape index (κ3) is 9.34. The summed E-state index contributed by atoms with van der Waals surface area (Å²) in [6.45, 7) is 0. The van der Waals surface area contributed by atoms with Crippen molar-refractivity contribution < 1.29 is 97.1 Å². The Hall–Kier alpha value is 3.95. The van der Waals surface area contributed by atoms with Gasteiger partial charge in [0.2, 0.25) is 0 Å². The molecule has 0 aliphatic carbocycles. The first-order chi connectivity index (χ1) is 1.00. The van der Waals surface area contributed by atoms with Gasteiger partial charge in [0.1, 0.15) is 0 Å². The first kappa shape index (κ1) is 15.7. The Morgan fingerprint density at radius 1 is 1.25 bits per heavy atom. The summed E-state index contributed by atoms with van der Waals surface area (Å²) in [6.07, 6.45) is 0. The molecule has 0 spiro atoms. The first-order valence-electron chi connectivity index (χ1n) is 0.250. The van der Waals surface area contributed by atoms with Crippen LogP contribution in [0, 0.1) is 50.5 Å². The van der Waals surface area contributed by atoms with E-state index < -0.39 is 0 Å². The molecule has 0 atom stereocenters. The van der Waals surface area contributed by atoms with Crippen molar-refractivity contribution in [2.45, 2.75) is 0 Å². The van der Waals surface area contributed by atoms with Gasteiger partial charge in [-0.05, 0) is 0 Å². The van der Waals surface area contributed by atoms with Crippen molar-refractivity contribution in [3.05, 3.63) is 0 Å². The molecule has 0 bridgehead atoms. The van der Waals surface area contributed by atoms with E-state index in [0.717, 1.165) is 0 Å². The Labute approximate surface area is 93.8 Å². The molecule has 0 N–H and O–H groups in total. The van der Waals surface area contributed by atoms with Gasteiger partial charge >= 0.3 is 50.5 Å². The van der Waals surface area contributed by atoms with Gasteiger partial charge < -0.3 is 0 Å². The second-order valence-corrected chi connectivity index (χ2v) is 0. The fourth-order valence-electron chi connectivity index (χ4n) is 0. The molecule has 0 aliphatic rings. The summed E-state index contributed by atoms with van der Waals surface area (Å²) in [6, 6.07) is 0. The molecule has 0 aromatic rings. The Morgan fingerprint density at radius 2 is 1.25 bits per heavy atom. The molecule has 0 rings (SSSR count). The number of rotatable bonds is 0. The first-order valence-corrected chi connectivity index (χ1v) is 17.3. The third-order valence-electron chi connectivity index (χ3n) is 0. The van der Waals surface area contributed by atoms with Crippen molar-refractivity contribution in [2.24, 2.45) is 0 Å². The minimum Gasteiger partial charge on any atom is 0 e. The van der Waals surface area contributed by atoms with E-state index in [1.807, 2.05) is 0 Å². The molecule has 0 heterocycles. The van der Waals surface area contributed by atoms with Crippen LogP contribution in [0.2, 0.25) is 0 Å². The fourth-order valence-corrected chi connectivity index (χ4v) is 0. The van der Waals surface area contributed by atoms with E-state index in [0.29, 0.717) is 0 Å². The van der Waals surface area contributed by atoms with E-state index in [2.05, 4.69) is 0 Å². The summed E-state index contributed by atoms with van der Waals surface area (Å²) in [7, 11) is 0. The van der Waals surface area contributed by atoms with Gasteiger partial charge in [0.05, 0.1) is 0 Å². The fraction of sp³-hybridized carbons (Fsp3) is 0. The SMILES string of the molecule is [Nd][U].[Pd].[Zr]. The van der Waals surface area contributed by atoms with Gasteiger partial charge in [-0.25, -0.2) is 0 Å². The monoisotopic (exact) mass is 576 g/mol. The molecular weight excluding hydrogens is 580 g/mol. The number of hydrogen-bond donors (Lipinski definition) is 0. The van der Waals surface area contributed by atoms with E-state index in [-0.39, 0.29) is 46.6 Å². The van der Waals surface area contributed by atoms with Gasteiger partial charge in [-0.1, -0.05) is 0 Å². The summed E-state index contributed by atoms with van der Waals surface area (Å²) in [5, 5.41) is 0. The molecule has 0 aliphatic heterocycles. The summed E-state index contributed by atoms with van der Waals surface area (Å²) >= 11 is 2.77. The van der Waals surface area contributed by atoms with E-state index in [9.17, 15) is 0 Å². The van der Waals surface area contributed by atoms with Crippen LogP contribution in [0.25, 0.3) is 0 Å². The van der Waals surface area contributed by atoms with Crippen LogP contribution >= 0.6 is 0 Å². The predicted octanol–water partition coefficient (Wildman–Crippen LogP) is -0.00500. The maximum Gasteiger partial charge on any atom is 0 e. The smallest absolute Gasteiger partial charge is 0 e. The Morgan fingerprint density at radius 3 is 1.25 bits per heavy atom. The summed E-state index contributed by atoms with van der Waals surface area (Å²) in [5.74, 6) is 0. The molecule has 0 saturated carbocycles. The largest absolute Gasteiger partial charge is 0 e. The molecule has 0 fully saturated rings. The minimum atomic E-state index is 0. The van der Waals surface area contributed by atoms with Crippen molar-refractivity contribution in [1.29, 1.82) is 0 Å².